The average molecular weight is 347 g/mol. The number of primary amides is 1. The first-order valence-corrected chi connectivity index (χ1v) is 7.43. The molecule has 0 fully saturated rings. The van der Waals surface area contributed by atoms with Crippen LogP contribution in [0.4, 0.5) is 5.69 Å². The summed E-state index contributed by atoms with van der Waals surface area (Å²) in [6.45, 7) is 0.121. The summed E-state index contributed by atoms with van der Waals surface area (Å²) in [6, 6.07) is 9.46. The van der Waals surface area contributed by atoms with Crippen LogP contribution in [-0.2, 0) is 4.79 Å². The van der Waals surface area contributed by atoms with Gasteiger partial charge in [0, 0.05) is 24.7 Å². The highest BCUT2D eigenvalue weighted by Gasteiger charge is 2.14. The van der Waals surface area contributed by atoms with Crippen LogP contribution >= 0.6 is 11.6 Å². The first-order chi connectivity index (χ1) is 11.5. The summed E-state index contributed by atoms with van der Waals surface area (Å²) in [5.41, 5.74) is 5.96. The van der Waals surface area contributed by atoms with Crippen molar-refractivity contribution in [1.29, 1.82) is 0 Å². The van der Waals surface area contributed by atoms with Gasteiger partial charge in [0.25, 0.3) is 11.8 Å². The van der Waals surface area contributed by atoms with Crippen LogP contribution in [0.2, 0.25) is 5.15 Å². The van der Waals surface area contributed by atoms with Gasteiger partial charge in [-0.3, -0.25) is 14.4 Å². The molecule has 2 rings (SSSR count). The molecule has 0 aliphatic rings. The minimum absolute atomic E-state index is 0.0375. The van der Waals surface area contributed by atoms with Crippen molar-refractivity contribution >= 4 is 35.0 Å². The fourth-order valence-corrected chi connectivity index (χ4v) is 2.10. The lowest BCUT2D eigenvalue weighted by Gasteiger charge is -2.11. The smallest absolute Gasteiger partial charge is 0.255 e. The number of hydrogen-bond acceptors (Lipinski definition) is 4. The Morgan fingerprint density at radius 1 is 1.12 bits per heavy atom. The molecular formula is C16H15ClN4O3. The minimum atomic E-state index is -0.508. The molecule has 0 atom stereocenters. The summed E-state index contributed by atoms with van der Waals surface area (Å²) in [4.78, 5) is 38.9. The number of pyridine rings is 1. The fraction of sp³-hybridized carbons (Fsp3) is 0.125. The topological polar surface area (TPSA) is 114 Å². The standard InChI is InChI=1S/C16H15ClN4O3/c17-13-9-10(5-7-19-13)15(23)21-12-4-2-1-3-11(12)16(24)20-8-6-14(18)22/h1-5,7,9H,6,8H2,(H2,18,22)(H,20,24)(H,21,23). The van der Waals surface area contributed by atoms with E-state index in [4.69, 9.17) is 17.3 Å². The van der Waals surface area contributed by atoms with Gasteiger partial charge in [0.2, 0.25) is 5.91 Å². The van der Waals surface area contributed by atoms with Crippen LogP contribution in [0.25, 0.3) is 0 Å². The number of hydrogen-bond donors (Lipinski definition) is 3. The number of para-hydroxylation sites is 1. The Hall–Kier alpha value is -2.93. The van der Waals surface area contributed by atoms with Gasteiger partial charge in [0.15, 0.2) is 0 Å². The monoisotopic (exact) mass is 346 g/mol. The van der Waals surface area contributed by atoms with Gasteiger partial charge in [-0.25, -0.2) is 4.98 Å². The average Bonchev–Trinajstić information content (AvgIpc) is 2.55. The molecule has 0 saturated heterocycles. The fourth-order valence-electron chi connectivity index (χ4n) is 1.92. The molecule has 1 aromatic heterocycles. The second kappa shape index (κ2) is 8.07. The van der Waals surface area contributed by atoms with E-state index in [-0.39, 0.29) is 23.7 Å². The van der Waals surface area contributed by atoms with Crippen LogP contribution < -0.4 is 16.4 Å². The van der Waals surface area contributed by atoms with Crippen molar-refractivity contribution in [2.45, 2.75) is 6.42 Å². The van der Waals surface area contributed by atoms with Crippen LogP contribution in [0.3, 0.4) is 0 Å². The SMILES string of the molecule is NC(=O)CCNC(=O)c1ccccc1NC(=O)c1ccnc(Cl)c1. The molecule has 2 aromatic rings. The highest BCUT2D eigenvalue weighted by molar-refractivity contribution is 6.29. The van der Waals surface area contributed by atoms with Crippen molar-refractivity contribution in [2.75, 3.05) is 11.9 Å². The third kappa shape index (κ3) is 4.79. The Bertz CT molecular complexity index is 779. The number of nitrogens with one attached hydrogen (secondary N) is 2. The number of anilines is 1. The third-order valence-corrected chi connectivity index (χ3v) is 3.27. The van der Waals surface area contributed by atoms with E-state index in [2.05, 4.69) is 15.6 Å². The molecule has 8 heteroatoms. The molecule has 4 N–H and O–H groups in total. The molecule has 0 saturated carbocycles. The number of aromatic nitrogens is 1. The second-order valence-electron chi connectivity index (χ2n) is 4.84. The zero-order valence-corrected chi connectivity index (χ0v) is 13.3. The Kier molecular flexibility index (Phi) is 5.86. The van der Waals surface area contributed by atoms with Crippen molar-refractivity contribution in [3.63, 3.8) is 0 Å². The van der Waals surface area contributed by atoms with Crippen molar-refractivity contribution < 1.29 is 14.4 Å². The summed E-state index contributed by atoms with van der Waals surface area (Å²) in [7, 11) is 0. The molecule has 0 aliphatic heterocycles. The third-order valence-electron chi connectivity index (χ3n) is 3.07. The maximum absolute atomic E-state index is 12.3. The van der Waals surface area contributed by atoms with Gasteiger partial charge in [-0.15, -0.1) is 0 Å². The van der Waals surface area contributed by atoms with Gasteiger partial charge in [0.05, 0.1) is 11.3 Å². The van der Waals surface area contributed by atoms with E-state index >= 15 is 0 Å². The number of amides is 3. The molecule has 0 bridgehead atoms. The van der Waals surface area contributed by atoms with Crippen molar-refractivity contribution in [2.24, 2.45) is 5.73 Å². The van der Waals surface area contributed by atoms with Gasteiger partial charge >= 0.3 is 0 Å². The lowest BCUT2D eigenvalue weighted by Crippen LogP contribution is -2.28. The molecule has 0 aliphatic carbocycles. The lowest BCUT2D eigenvalue weighted by atomic mass is 10.1. The minimum Gasteiger partial charge on any atom is -0.370 e. The first kappa shape index (κ1) is 17.4. The summed E-state index contributed by atoms with van der Waals surface area (Å²) < 4.78 is 0. The highest BCUT2D eigenvalue weighted by atomic mass is 35.5. The van der Waals surface area contributed by atoms with Gasteiger partial charge in [0.1, 0.15) is 5.15 Å². The van der Waals surface area contributed by atoms with E-state index in [0.29, 0.717) is 11.3 Å². The van der Waals surface area contributed by atoms with Crippen molar-refractivity contribution in [1.82, 2.24) is 10.3 Å². The van der Waals surface area contributed by atoms with E-state index in [1.54, 1.807) is 24.3 Å². The molecule has 24 heavy (non-hydrogen) atoms. The predicted molar refractivity (Wildman–Crippen MR) is 89.8 cm³/mol. The maximum Gasteiger partial charge on any atom is 0.255 e. The van der Waals surface area contributed by atoms with E-state index in [0.717, 1.165) is 0 Å². The number of rotatable bonds is 6. The molecule has 0 radical (unpaired) electrons. The number of carbonyl (C=O) groups excluding carboxylic acids is 3. The molecule has 0 unspecified atom stereocenters. The Morgan fingerprint density at radius 3 is 2.58 bits per heavy atom. The summed E-state index contributed by atoms with van der Waals surface area (Å²) >= 11 is 5.76. The van der Waals surface area contributed by atoms with Gasteiger partial charge in [-0.2, -0.15) is 0 Å². The first-order valence-electron chi connectivity index (χ1n) is 7.06. The van der Waals surface area contributed by atoms with Crippen LogP contribution in [0, 0.1) is 0 Å². The zero-order valence-electron chi connectivity index (χ0n) is 12.6. The normalized spacial score (nSPS) is 10.0. The van der Waals surface area contributed by atoms with Crippen LogP contribution in [0.1, 0.15) is 27.1 Å². The van der Waals surface area contributed by atoms with Crippen molar-refractivity contribution in [3.8, 4) is 0 Å². The molecule has 3 amide bonds. The summed E-state index contributed by atoms with van der Waals surface area (Å²) in [5, 5.41) is 5.42. The lowest BCUT2D eigenvalue weighted by molar-refractivity contribution is -0.117. The van der Waals surface area contributed by atoms with E-state index in [1.807, 2.05) is 0 Å². The number of halogens is 1. The predicted octanol–water partition coefficient (Wildman–Crippen LogP) is 1.59. The van der Waals surface area contributed by atoms with Crippen LogP contribution in [0.5, 0.6) is 0 Å². The van der Waals surface area contributed by atoms with Crippen LogP contribution in [0.15, 0.2) is 42.6 Å². The Labute approximate surface area is 143 Å². The number of carbonyl (C=O) groups is 3. The second-order valence-corrected chi connectivity index (χ2v) is 5.23. The van der Waals surface area contributed by atoms with Gasteiger partial charge in [-0.1, -0.05) is 23.7 Å². The van der Waals surface area contributed by atoms with Gasteiger partial charge < -0.3 is 16.4 Å². The van der Waals surface area contributed by atoms with E-state index < -0.39 is 17.7 Å². The molecular weight excluding hydrogens is 332 g/mol. The molecule has 0 spiro atoms. The number of nitrogens with zero attached hydrogens (tertiary/aromatic N) is 1. The number of benzene rings is 1. The molecule has 1 aromatic carbocycles. The van der Waals surface area contributed by atoms with Crippen LogP contribution in [-0.4, -0.2) is 29.3 Å². The quantitative estimate of drug-likeness (QED) is 0.689. The Balaban J connectivity index is 2.12. The summed E-state index contributed by atoms with van der Waals surface area (Å²) in [6.07, 6.45) is 1.45. The van der Waals surface area contributed by atoms with Crippen molar-refractivity contribution in [3.05, 3.63) is 58.9 Å². The van der Waals surface area contributed by atoms with E-state index in [9.17, 15) is 14.4 Å². The molecule has 124 valence electrons. The highest BCUT2D eigenvalue weighted by Crippen LogP contribution is 2.17. The summed E-state index contributed by atoms with van der Waals surface area (Å²) in [5.74, 6) is -1.34. The zero-order chi connectivity index (χ0) is 17.5. The molecule has 7 nitrogen and oxygen atoms in total. The number of nitrogens with two attached hydrogens (primary N) is 1. The Morgan fingerprint density at radius 2 is 1.88 bits per heavy atom. The molecule has 1 heterocycles. The van der Waals surface area contributed by atoms with E-state index in [1.165, 1.54) is 18.3 Å². The maximum atomic E-state index is 12.3. The largest absolute Gasteiger partial charge is 0.370 e. The van der Waals surface area contributed by atoms with Gasteiger partial charge in [-0.05, 0) is 24.3 Å².